The van der Waals surface area contributed by atoms with Crippen molar-refractivity contribution in [1.29, 1.82) is 0 Å². The van der Waals surface area contributed by atoms with Crippen LogP contribution in [0.4, 0.5) is 0 Å². The second kappa shape index (κ2) is 5.91. The molecule has 114 valence electrons. The number of carbonyl (C=O) groups is 1. The van der Waals surface area contributed by atoms with E-state index in [1.807, 2.05) is 18.2 Å². The third-order valence-electron chi connectivity index (χ3n) is 4.21. The number of likely N-dealkylation sites (N-methyl/N-ethyl adjacent to an activating group) is 1. The lowest BCUT2D eigenvalue weighted by atomic mass is 10.0. The van der Waals surface area contributed by atoms with Gasteiger partial charge < -0.3 is 20.1 Å². The van der Waals surface area contributed by atoms with E-state index in [9.17, 15) is 4.79 Å². The molecule has 2 heterocycles. The van der Waals surface area contributed by atoms with Gasteiger partial charge in [0.2, 0.25) is 12.7 Å². The Bertz CT molecular complexity index is 535. The lowest BCUT2D eigenvalue weighted by Crippen LogP contribution is -2.57. The minimum absolute atomic E-state index is 0.0507. The second-order valence-electron chi connectivity index (χ2n) is 5.36. The number of nitrogens with one attached hydrogen (secondary N) is 2. The molecule has 2 atom stereocenters. The molecule has 1 aromatic rings. The van der Waals surface area contributed by atoms with Crippen LogP contribution in [0, 0.1) is 0 Å². The van der Waals surface area contributed by atoms with Crippen molar-refractivity contribution in [2.75, 3.05) is 33.5 Å². The predicted octanol–water partition coefficient (Wildman–Crippen LogP) is 0.496. The molecule has 6 heteroatoms. The van der Waals surface area contributed by atoms with Crippen molar-refractivity contribution in [3.05, 3.63) is 23.8 Å². The maximum absolute atomic E-state index is 12.1. The molecule has 1 saturated heterocycles. The van der Waals surface area contributed by atoms with E-state index in [-0.39, 0.29) is 24.8 Å². The predicted molar refractivity (Wildman–Crippen MR) is 78.4 cm³/mol. The fraction of sp³-hybridized carbons (Fsp3) is 0.533. The van der Waals surface area contributed by atoms with Gasteiger partial charge in [0.25, 0.3) is 0 Å². The first kappa shape index (κ1) is 14.2. The van der Waals surface area contributed by atoms with Gasteiger partial charge in [-0.15, -0.1) is 0 Å². The molecule has 3 rings (SSSR count). The van der Waals surface area contributed by atoms with Crippen LogP contribution in [0.3, 0.4) is 0 Å². The quantitative estimate of drug-likeness (QED) is 0.849. The lowest BCUT2D eigenvalue weighted by molar-refractivity contribution is -0.127. The number of nitrogens with zero attached hydrogens (tertiary/aromatic N) is 1. The normalized spacial score (nSPS) is 22.9. The Morgan fingerprint density at radius 2 is 2.24 bits per heavy atom. The van der Waals surface area contributed by atoms with Crippen molar-refractivity contribution in [3.8, 4) is 11.5 Å². The number of ether oxygens (including phenoxy) is 2. The summed E-state index contributed by atoms with van der Waals surface area (Å²) in [5.41, 5.74) is 1.13. The summed E-state index contributed by atoms with van der Waals surface area (Å²) in [7, 11) is 1.68. The molecule has 21 heavy (non-hydrogen) atoms. The highest BCUT2D eigenvalue weighted by Gasteiger charge is 2.32. The van der Waals surface area contributed by atoms with E-state index < -0.39 is 0 Å². The number of amides is 1. The first-order chi connectivity index (χ1) is 10.2. The van der Waals surface area contributed by atoms with Gasteiger partial charge in [0.1, 0.15) is 6.04 Å². The van der Waals surface area contributed by atoms with Crippen LogP contribution < -0.4 is 20.1 Å². The smallest absolute Gasteiger partial charge is 0.238 e. The molecule has 0 bridgehead atoms. The van der Waals surface area contributed by atoms with Gasteiger partial charge in [0.05, 0.1) is 0 Å². The fourth-order valence-electron chi connectivity index (χ4n) is 2.96. The molecular formula is C15H21N3O3. The molecule has 0 saturated carbocycles. The number of rotatable bonds is 3. The van der Waals surface area contributed by atoms with E-state index >= 15 is 0 Å². The van der Waals surface area contributed by atoms with Gasteiger partial charge >= 0.3 is 0 Å². The monoisotopic (exact) mass is 291 g/mol. The fourth-order valence-corrected chi connectivity index (χ4v) is 2.96. The summed E-state index contributed by atoms with van der Waals surface area (Å²) in [6.07, 6.45) is 0. The van der Waals surface area contributed by atoms with Gasteiger partial charge in [0.15, 0.2) is 11.5 Å². The number of piperazine rings is 1. The Balaban J connectivity index is 1.82. The lowest BCUT2D eigenvalue weighted by Gasteiger charge is -2.39. The van der Waals surface area contributed by atoms with Crippen LogP contribution in [0.15, 0.2) is 18.2 Å². The van der Waals surface area contributed by atoms with Gasteiger partial charge in [-0.05, 0) is 24.6 Å². The molecule has 2 aliphatic heterocycles. The van der Waals surface area contributed by atoms with Crippen molar-refractivity contribution in [1.82, 2.24) is 15.5 Å². The molecule has 1 amide bonds. The number of hydrogen-bond acceptors (Lipinski definition) is 5. The number of hydrogen-bond donors (Lipinski definition) is 2. The van der Waals surface area contributed by atoms with Crippen molar-refractivity contribution in [3.63, 3.8) is 0 Å². The van der Waals surface area contributed by atoms with E-state index in [4.69, 9.17) is 9.47 Å². The van der Waals surface area contributed by atoms with E-state index in [0.29, 0.717) is 6.54 Å². The van der Waals surface area contributed by atoms with Crippen molar-refractivity contribution in [2.45, 2.75) is 19.0 Å². The van der Waals surface area contributed by atoms with Crippen LogP contribution in [-0.4, -0.2) is 50.3 Å². The summed E-state index contributed by atoms with van der Waals surface area (Å²) in [6.45, 7) is 4.81. The van der Waals surface area contributed by atoms with E-state index in [1.165, 1.54) is 0 Å². The number of carbonyl (C=O) groups excluding carboxylic acids is 1. The SMILES string of the molecule is CNC(=O)C1CNCCN1C(C)c1ccc2c(c1)OCO2. The molecule has 0 spiro atoms. The molecule has 2 unspecified atom stereocenters. The summed E-state index contributed by atoms with van der Waals surface area (Å²) in [5.74, 6) is 1.62. The maximum Gasteiger partial charge on any atom is 0.238 e. The van der Waals surface area contributed by atoms with E-state index in [1.54, 1.807) is 7.05 Å². The molecule has 2 aliphatic rings. The summed E-state index contributed by atoms with van der Waals surface area (Å²) in [4.78, 5) is 14.3. The van der Waals surface area contributed by atoms with Crippen LogP contribution in [0.5, 0.6) is 11.5 Å². The van der Waals surface area contributed by atoms with Crippen molar-refractivity contribution in [2.24, 2.45) is 0 Å². The Labute approximate surface area is 124 Å². The topological polar surface area (TPSA) is 62.8 Å². The highest BCUT2D eigenvalue weighted by molar-refractivity contribution is 5.81. The Morgan fingerprint density at radius 1 is 1.43 bits per heavy atom. The first-order valence-electron chi connectivity index (χ1n) is 7.28. The van der Waals surface area contributed by atoms with Crippen molar-refractivity contribution >= 4 is 5.91 Å². The molecule has 6 nitrogen and oxygen atoms in total. The summed E-state index contributed by atoms with van der Waals surface area (Å²) >= 11 is 0. The van der Waals surface area contributed by atoms with Crippen LogP contribution in [0.1, 0.15) is 18.5 Å². The summed E-state index contributed by atoms with van der Waals surface area (Å²) < 4.78 is 10.8. The molecule has 0 aromatic heterocycles. The van der Waals surface area contributed by atoms with E-state index in [2.05, 4.69) is 22.5 Å². The zero-order valence-electron chi connectivity index (χ0n) is 12.4. The van der Waals surface area contributed by atoms with Crippen molar-refractivity contribution < 1.29 is 14.3 Å². The Morgan fingerprint density at radius 3 is 3.05 bits per heavy atom. The maximum atomic E-state index is 12.1. The molecule has 0 aliphatic carbocycles. The molecule has 2 N–H and O–H groups in total. The molecular weight excluding hydrogens is 270 g/mol. The minimum Gasteiger partial charge on any atom is -0.454 e. The van der Waals surface area contributed by atoms with Gasteiger partial charge in [0, 0.05) is 32.7 Å². The Kier molecular flexibility index (Phi) is 3.98. The zero-order valence-corrected chi connectivity index (χ0v) is 12.4. The molecule has 1 aromatic carbocycles. The second-order valence-corrected chi connectivity index (χ2v) is 5.36. The summed E-state index contributed by atoms with van der Waals surface area (Å²) in [5, 5.41) is 6.03. The van der Waals surface area contributed by atoms with Crippen LogP contribution >= 0.6 is 0 Å². The average Bonchev–Trinajstić information content (AvgIpc) is 3.01. The molecule has 1 fully saturated rings. The highest BCUT2D eigenvalue weighted by atomic mass is 16.7. The van der Waals surface area contributed by atoms with Gasteiger partial charge in [-0.1, -0.05) is 6.07 Å². The average molecular weight is 291 g/mol. The van der Waals surface area contributed by atoms with Crippen LogP contribution in [0.2, 0.25) is 0 Å². The first-order valence-corrected chi connectivity index (χ1v) is 7.28. The zero-order chi connectivity index (χ0) is 14.8. The highest BCUT2D eigenvalue weighted by Crippen LogP contribution is 2.35. The molecule has 0 radical (unpaired) electrons. The minimum atomic E-state index is -0.149. The largest absolute Gasteiger partial charge is 0.454 e. The number of benzene rings is 1. The van der Waals surface area contributed by atoms with Gasteiger partial charge in [-0.2, -0.15) is 0 Å². The third kappa shape index (κ3) is 2.69. The Hall–Kier alpha value is -1.79. The van der Waals surface area contributed by atoms with Gasteiger partial charge in [-0.3, -0.25) is 9.69 Å². The van der Waals surface area contributed by atoms with Crippen LogP contribution in [0.25, 0.3) is 0 Å². The third-order valence-corrected chi connectivity index (χ3v) is 4.21. The van der Waals surface area contributed by atoms with Gasteiger partial charge in [-0.25, -0.2) is 0 Å². The number of fused-ring (bicyclic) bond motifs is 1. The van der Waals surface area contributed by atoms with E-state index in [0.717, 1.165) is 30.2 Å². The summed E-state index contributed by atoms with van der Waals surface area (Å²) in [6, 6.07) is 5.98. The van der Waals surface area contributed by atoms with Crippen LogP contribution in [-0.2, 0) is 4.79 Å². The standard InChI is InChI=1S/C15H21N3O3/c1-10(11-3-4-13-14(7-11)21-9-20-13)18-6-5-17-8-12(18)15(19)16-2/h3-4,7,10,12,17H,5-6,8-9H2,1-2H3,(H,16,19).